The number of ether oxygens (including phenoxy) is 2. The fourth-order valence-electron chi connectivity index (χ4n) is 1.28. The molecule has 0 aliphatic rings. The average molecular weight is 251 g/mol. The molecule has 1 rings (SSSR count). The van der Waals surface area contributed by atoms with Crippen molar-refractivity contribution in [2.24, 2.45) is 0 Å². The van der Waals surface area contributed by atoms with Gasteiger partial charge in [0.25, 0.3) is 0 Å². The van der Waals surface area contributed by atoms with Crippen molar-refractivity contribution in [2.75, 3.05) is 19.5 Å². The number of hydrogen-bond donors (Lipinski definition) is 1. The molecule has 0 radical (unpaired) electrons. The molecule has 0 unspecified atom stereocenters. The van der Waals surface area contributed by atoms with Crippen molar-refractivity contribution >= 4 is 11.7 Å². The predicted octanol–water partition coefficient (Wildman–Crippen LogP) is 1.79. The smallest absolute Gasteiger partial charge is 0.321 e. The van der Waals surface area contributed by atoms with E-state index >= 15 is 0 Å². The van der Waals surface area contributed by atoms with Gasteiger partial charge in [-0.05, 0) is 12.8 Å². The number of nitrogens with zero attached hydrogens (tertiary/aromatic N) is 2. The third kappa shape index (κ3) is 4.40. The van der Waals surface area contributed by atoms with E-state index in [9.17, 15) is 4.79 Å². The minimum absolute atomic E-state index is 0.111. The fourth-order valence-corrected chi connectivity index (χ4v) is 1.28. The van der Waals surface area contributed by atoms with E-state index in [1.807, 2.05) is 0 Å². The Bertz CT molecular complexity index is 399. The lowest BCUT2D eigenvalue weighted by molar-refractivity contribution is -0.116. The summed E-state index contributed by atoms with van der Waals surface area (Å²) in [5, 5.41) is 2.67. The Labute approximate surface area is 106 Å². The van der Waals surface area contributed by atoms with E-state index < -0.39 is 0 Å². The van der Waals surface area contributed by atoms with Gasteiger partial charge in [0.15, 0.2) is 0 Å². The van der Waals surface area contributed by atoms with E-state index in [2.05, 4.69) is 21.9 Å². The van der Waals surface area contributed by atoms with Crippen LogP contribution in [0.25, 0.3) is 0 Å². The summed E-state index contributed by atoms with van der Waals surface area (Å²) >= 11 is 0. The van der Waals surface area contributed by atoms with Gasteiger partial charge in [0, 0.05) is 12.5 Å². The number of unbranched alkanes of at least 4 members (excludes halogenated alkanes) is 1. The molecule has 0 bridgehead atoms. The third-order valence-corrected chi connectivity index (χ3v) is 2.15. The molecule has 18 heavy (non-hydrogen) atoms. The van der Waals surface area contributed by atoms with Gasteiger partial charge in [-0.3, -0.25) is 4.79 Å². The lowest BCUT2D eigenvalue weighted by Crippen LogP contribution is -2.13. The van der Waals surface area contributed by atoms with Gasteiger partial charge in [-0.2, -0.15) is 9.97 Å². The molecule has 1 N–H and O–H groups in total. The standard InChI is InChI=1S/C12H17N3O3/c1-4-5-6-7-10(16)13-9-8-11(17-2)15-12(14-9)18-3/h4,8H,1,5-7H2,2-3H3,(H,13,14,15,16). The van der Waals surface area contributed by atoms with Gasteiger partial charge in [-0.25, -0.2) is 0 Å². The number of nitrogens with one attached hydrogen (secondary N) is 1. The Morgan fingerprint density at radius 2 is 2.22 bits per heavy atom. The highest BCUT2D eigenvalue weighted by atomic mass is 16.5. The summed E-state index contributed by atoms with van der Waals surface area (Å²) in [4.78, 5) is 19.5. The van der Waals surface area contributed by atoms with E-state index in [1.54, 1.807) is 6.08 Å². The van der Waals surface area contributed by atoms with Crippen molar-refractivity contribution in [3.05, 3.63) is 18.7 Å². The summed E-state index contributed by atoms with van der Waals surface area (Å²) in [5.74, 6) is 0.588. The molecule has 0 aliphatic carbocycles. The number of carbonyl (C=O) groups is 1. The van der Waals surface area contributed by atoms with E-state index in [-0.39, 0.29) is 11.9 Å². The van der Waals surface area contributed by atoms with Crippen molar-refractivity contribution in [2.45, 2.75) is 19.3 Å². The van der Waals surface area contributed by atoms with Crippen LogP contribution in [-0.2, 0) is 4.79 Å². The Morgan fingerprint density at radius 3 is 2.83 bits per heavy atom. The highest BCUT2D eigenvalue weighted by Gasteiger charge is 2.08. The molecule has 1 aromatic heterocycles. The van der Waals surface area contributed by atoms with Gasteiger partial charge in [0.2, 0.25) is 11.8 Å². The Kier molecular flexibility index (Phi) is 5.63. The number of rotatable bonds is 7. The first-order chi connectivity index (χ1) is 8.69. The van der Waals surface area contributed by atoms with Gasteiger partial charge < -0.3 is 14.8 Å². The van der Waals surface area contributed by atoms with Crippen molar-refractivity contribution in [1.29, 1.82) is 0 Å². The van der Waals surface area contributed by atoms with Crippen LogP contribution in [0, 0.1) is 0 Å². The molecule has 0 atom stereocenters. The molecular weight excluding hydrogens is 234 g/mol. The summed E-state index contributed by atoms with van der Waals surface area (Å²) in [6.45, 7) is 3.60. The van der Waals surface area contributed by atoms with Gasteiger partial charge in [0.05, 0.1) is 14.2 Å². The maximum absolute atomic E-state index is 11.6. The fraction of sp³-hybridized carbons (Fsp3) is 0.417. The first kappa shape index (κ1) is 14.0. The maximum Gasteiger partial charge on any atom is 0.321 e. The van der Waals surface area contributed by atoms with E-state index in [0.717, 1.165) is 12.8 Å². The first-order valence-electron chi connectivity index (χ1n) is 5.57. The molecule has 0 aliphatic heterocycles. The SMILES string of the molecule is C=CCCCC(=O)Nc1cc(OC)nc(OC)n1. The van der Waals surface area contributed by atoms with Crippen LogP contribution >= 0.6 is 0 Å². The molecule has 0 aromatic carbocycles. The second-order valence-corrected chi connectivity index (χ2v) is 3.51. The maximum atomic E-state index is 11.6. The van der Waals surface area contributed by atoms with Crippen molar-refractivity contribution in [3.8, 4) is 11.9 Å². The van der Waals surface area contributed by atoms with Gasteiger partial charge >= 0.3 is 6.01 Å². The van der Waals surface area contributed by atoms with Crippen molar-refractivity contribution in [3.63, 3.8) is 0 Å². The number of carbonyl (C=O) groups excluding carboxylic acids is 1. The monoisotopic (exact) mass is 251 g/mol. The number of aromatic nitrogens is 2. The number of anilines is 1. The van der Waals surface area contributed by atoms with Crippen LogP contribution in [0.5, 0.6) is 11.9 Å². The number of amides is 1. The number of allylic oxidation sites excluding steroid dienone is 1. The Balaban J connectivity index is 2.65. The lowest BCUT2D eigenvalue weighted by atomic mass is 10.2. The van der Waals surface area contributed by atoms with Crippen LogP contribution in [0.3, 0.4) is 0 Å². The Hall–Kier alpha value is -2.11. The van der Waals surface area contributed by atoms with E-state index in [1.165, 1.54) is 20.3 Å². The largest absolute Gasteiger partial charge is 0.481 e. The molecule has 0 spiro atoms. The molecule has 6 nitrogen and oxygen atoms in total. The highest BCUT2D eigenvalue weighted by molar-refractivity contribution is 5.89. The van der Waals surface area contributed by atoms with Gasteiger partial charge in [0.1, 0.15) is 5.82 Å². The van der Waals surface area contributed by atoms with Gasteiger partial charge in [-0.1, -0.05) is 6.08 Å². The minimum atomic E-state index is -0.111. The average Bonchev–Trinajstić information content (AvgIpc) is 2.38. The van der Waals surface area contributed by atoms with Crippen LogP contribution in [0.2, 0.25) is 0 Å². The molecule has 1 amide bonds. The molecular formula is C12H17N3O3. The zero-order chi connectivity index (χ0) is 13.4. The highest BCUT2D eigenvalue weighted by Crippen LogP contribution is 2.17. The topological polar surface area (TPSA) is 73.3 Å². The van der Waals surface area contributed by atoms with E-state index in [4.69, 9.17) is 9.47 Å². The second kappa shape index (κ2) is 7.26. The predicted molar refractivity (Wildman–Crippen MR) is 67.8 cm³/mol. The van der Waals surface area contributed by atoms with Gasteiger partial charge in [-0.15, -0.1) is 6.58 Å². The molecule has 0 fully saturated rings. The summed E-state index contributed by atoms with van der Waals surface area (Å²) in [6, 6.07) is 1.68. The quantitative estimate of drug-likeness (QED) is 0.590. The molecule has 0 saturated heterocycles. The summed E-state index contributed by atoms with van der Waals surface area (Å²) in [6.07, 6.45) is 3.77. The zero-order valence-electron chi connectivity index (χ0n) is 10.6. The van der Waals surface area contributed by atoms with Crippen LogP contribution in [0.15, 0.2) is 18.7 Å². The zero-order valence-corrected chi connectivity index (χ0v) is 10.6. The number of hydrogen-bond acceptors (Lipinski definition) is 5. The third-order valence-electron chi connectivity index (χ3n) is 2.15. The summed E-state index contributed by atoms with van der Waals surface area (Å²) in [5.41, 5.74) is 0. The van der Waals surface area contributed by atoms with Crippen molar-refractivity contribution < 1.29 is 14.3 Å². The van der Waals surface area contributed by atoms with Crippen LogP contribution in [0.4, 0.5) is 5.82 Å². The van der Waals surface area contributed by atoms with Crippen LogP contribution < -0.4 is 14.8 Å². The number of methoxy groups -OCH3 is 2. The molecule has 1 aromatic rings. The second-order valence-electron chi connectivity index (χ2n) is 3.51. The first-order valence-corrected chi connectivity index (χ1v) is 5.57. The molecule has 1 heterocycles. The Morgan fingerprint density at radius 1 is 1.44 bits per heavy atom. The molecule has 98 valence electrons. The lowest BCUT2D eigenvalue weighted by Gasteiger charge is -2.07. The molecule has 6 heteroatoms. The summed E-state index contributed by atoms with van der Waals surface area (Å²) in [7, 11) is 2.93. The normalized spacial score (nSPS) is 9.67. The van der Waals surface area contributed by atoms with Crippen LogP contribution in [0.1, 0.15) is 19.3 Å². The van der Waals surface area contributed by atoms with Crippen LogP contribution in [-0.4, -0.2) is 30.1 Å². The van der Waals surface area contributed by atoms with E-state index in [0.29, 0.717) is 18.1 Å². The van der Waals surface area contributed by atoms with Crippen molar-refractivity contribution in [1.82, 2.24) is 9.97 Å². The minimum Gasteiger partial charge on any atom is -0.481 e. The molecule has 0 saturated carbocycles. The summed E-state index contributed by atoms with van der Waals surface area (Å²) < 4.78 is 9.89.